The summed E-state index contributed by atoms with van der Waals surface area (Å²) in [5, 5.41) is 0. The Kier molecular flexibility index (Phi) is 8.83. The Labute approximate surface area is 191 Å². The Morgan fingerprint density at radius 1 is 0.583 bits per heavy atom. The molecule has 0 heterocycles. The molecule has 0 aliphatic carbocycles. The molecule has 0 unspecified atom stereocenters. The van der Waals surface area contributed by atoms with Gasteiger partial charge in [0.1, 0.15) is 24.7 Å². The first-order valence-electron chi connectivity index (χ1n) is 6.58. The summed E-state index contributed by atoms with van der Waals surface area (Å²) in [5.74, 6) is 1.53. The van der Waals surface area contributed by atoms with Gasteiger partial charge in [0.2, 0.25) is 0 Å². The van der Waals surface area contributed by atoms with Crippen molar-refractivity contribution in [1.82, 2.24) is 0 Å². The predicted octanol–water partition coefficient (Wildman–Crippen LogP) is 8.28. The van der Waals surface area contributed by atoms with E-state index in [0.717, 1.165) is 38.3 Å². The Hall–Kier alpha value is 0.660. The lowest BCUT2D eigenvalue weighted by atomic mass is 10.3. The van der Waals surface area contributed by atoms with Gasteiger partial charge in [0.15, 0.2) is 0 Å². The average Bonchev–Trinajstić information content (AvgIpc) is 2.46. The van der Waals surface area contributed by atoms with Gasteiger partial charge in [-0.1, -0.05) is 31.9 Å². The van der Waals surface area contributed by atoms with Crippen molar-refractivity contribution in [3.8, 4) is 11.5 Å². The van der Waals surface area contributed by atoms with Crippen LogP contribution in [0.25, 0.3) is 0 Å². The third kappa shape index (κ3) is 6.13. The summed E-state index contributed by atoms with van der Waals surface area (Å²) < 4.78 is 17.0. The third-order valence-corrected chi connectivity index (χ3v) is 6.01. The van der Waals surface area contributed by atoms with E-state index in [1.54, 1.807) is 0 Å². The fraction of sp³-hybridized carbons (Fsp3) is 0.125. The van der Waals surface area contributed by atoms with Crippen molar-refractivity contribution in [2.24, 2.45) is 0 Å². The van der Waals surface area contributed by atoms with Crippen LogP contribution in [-0.4, -0.2) is 13.2 Å². The molecular formula is C16H10Br6O2. The van der Waals surface area contributed by atoms with E-state index >= 15 is 0 Å². The van der Waals surface area contributed by atoms with Crippen LogP contribution in [0.2, 0.25) is 0 Å². The number of ether oxygens (including phenoxy) is 2. The molecule has 2 aromatic rings. The van der Waals surface area contributed by atoms with Crippen LogP contribution in [0.1, 0.15) is 0 Å². The van der Waals surface area contributed by atoms with Gasteiger partial charge in [0, 0.05) is 8.95 Å². The van der Waals surface area contributed by atoms with Crippen molar-refractivity contribution in [2.75, 3.05) is 13.2 Å². The zero-order valence-corrected chi connectivity index (χ0v) is 21.5. The van der Waals surface area contributed by atoms with Crippen molar-refractivity contribution in [1.29, 1.82) is 0 Å². The summed E-state index contributed by atoms with van der Waals surface area (Å²) in [7, 11) is 0. The third-order valence-electron chi connectivity index (χ3n) is 2.74. The molecule has 0 N–H and O–H groups in total. The summed E-state index contributed by atoms with van der Waals surface area (Å²) >= 11 is 20.8. The van der Waals surface area contributed by atoms with Gasteiger partial charge in [-0.25, -0.2) is 0 Å². The zero-order chi connectivity index (χ0) is 17.7. The molecule has 0 amide bonds. The summed E-state index contributed by atoms with van der Waals surface area (Å²) in [4.78, 5) is 0. The number of rotatable bonds is 6. The van der Waals surface area contributed by atoms with E-state index in [0.29, 0.717) is 13.2 Å². The highest BCUT2D eigenvalue weighted by atomic mass is 79.9. The minimum absolute atomic E-state index is 0.449. The zero-order valence-electron chi connectivity index (χ0n) is 12.0. The van der Waals surface area contributed by atoms with E-state index in [1.807, 2.05) is 36.4 Å². The molecule has 0 aliphatic heterocycles. The molecular weight excluding hydrogens is 704 g/mol. The molecule has 128 valence electrons. The van der Waals surface area contributed by atoms with Gasteiger partial charge in [-0.2, -0.15) is 0 Å². The normalized spacial score (nSPS) is 11.1. The summed E-state index contributed by atoms with van der Waals surface area (Å²) in [6, 6.07) is 7.76. The van der Waals surface area contributed by atoms with E-state index in [4.69, 9.17) is 9.47 Å². The van der Waals surface area contributed by atoms with E-state index in [1.165, 1.54) is 0 Å². The standard InChI is InChI=1S/C16H10Br6O2/c17-9-5-11(19)15(12(20)6-9)23-3-1-2-4-24-16-13(21)7-10(18)8-14(16)22/h1-2,5-8H,3-4H2. The number of benzene rings is 2. The highest BCUT2D eigenvalue weighted by Gasteiger charge is 2.08. The average molecular weight is 714 g/mol. The maximum Gasteiger partial charge on any atom is 0.148 e. The second-order valence-electron chi connectivity index (χ2n) is 4.49. The maximum absolute atomic E-state index is 5.76. The van der Waals surface area contributed by atoms with Gasteiger partial charge < -0.3 is 9.47 Å². The molecule has 0 radical (unpaired) electrons. The monoisotopic (exact) mass is 708 g/mol. The smallest absolute Gasteiger partial charge is 0.148 e. The van der Waals surface area contributed by atoms with Crippen LogP contribution < -0.4 is 9.47 Å². The molecule has 8 heteroatoms. The summed E-state index contributed by atoms with van der Waals surface area (Å²) in [6.07, 6.45) is 3.84. The molecule has 2 rings (SSSR count). The lowest BCUT2D eigenvalue weighted by Gasteiger charge is -2.10. The summed E-state index contributed by atoms with van der Waals surface area (Å²) in [5.41, 5.74) is 0. The van der Waals surface area contributed by atoms with Gasteiger partial charge in [-0.15, -0.1) is 0 Å². The minimum atomic E-state index is 0.449. The molecule has 0 aliphatic rings. The Morgan fingerprint density at radius 2 is 0.875 bits per heavy atom. The molecule has 0 spiro atoms. The Bertz CT molecular complexity index is 651. The first-order valence-corrected chi connectivity index (χ1v) is 11.3. The molecule has 24 heavy (non-hydrogen) atoms. The van der Waals surface area contributed by atoms with Crippen molar-refractivity contribution >= 4 is 95.6 Å². The molecule has 0 fully saturated rings. The van der Waals surface area contributed by atoms with Crippen LogP contribution in [0.15, 0.2) is 63.3 Å². The predicted molar refractivity (Wildman–Crippen MR) is 119 cm³/mol. The summed E-state index contributed by atoms with van der Waals surface area (Å²) in [6.45, 7) is 0.899. The largest absolute Gasteiger partial charge is 0.487 e. The van der Waals surface area contributed by atoms with Crippen molar-refractivity contribution < 1.29 is 9.47 Å². The molecule has 0 atom stereocenters. The SMILES string of the molecule is Brc1cc(Br)c(OCC=CCOc2c(Br)cc(Br)cc2Br)c(Br)c1. The van der Waals surface area contributed by atoms with Gasteiger partial charge >= 0.3 is 0 Å². The quantitative estimate of drug-likeness (QED) is 0.281. The number of hydrogen-bond donors (Lipinski definition) is 0. The topological polar surface area (TPSA) is 18.5 Å². The van der Waals surface area contributed by atoms with Crippen molar-refractivity contribution in [3.63, 3.8) is 0 Å². The Balaban J connectivity index is 1.86. The molecule has 0 aromatic heterocycles. The fourth-order valence-corrected chi connectivity index (χ4v) is 6.71. The van der Waals surface area contributed by atoms with Crippen molar-refractivity contribution in [2.45, 2.75) is 0 Å². The number of halogens is 6. The minimum Gasteiger partial charge on any atom is -0.487 e. The van der Waals surface area contributed by atoms with Crippen LogP contribution in [0.5, 0.6) is 11.5 Å². The maximum atomic E-state index is 5.76. The molecule has 0 saturated heterocycles. The van der Waals surface area contributed by atoms with Crippen molar-refractivity contribution in [3.05, 3.63) is 63.3 Å². The van der Waals surface area contributed by atoms with Gasteiger partial charge in [-0.05, 0) is 100 Å². The first kappa shape index (κ1) is 21.0. The van der Waals surface area contributed by atoms with Crippen LogP contribution in [0.3, 0.4) is 0 Å². The van der Waals surface area contributed by atoms with E-state index < -0.39 is 0 Å². The second kappa shape index (κ2) is 10.1. The highest BCUT2D eigenvalue weighted by Crippen LogP contribution is 2.37. The van der Waals surface area contributed by atoms with Gasteiger partial charge in [0.25, 0.3) is 0 Å². The van der Waals surface area contributed by atoms with E-state index in [9.17, 15) is 0 Å². The van der Waals surface area contributed by atoms with E-state index in [2.05, 4.69) is 95.6 Å². The lowest BCUT2D eigenvalue weighted by molar-refractivity contribution is 0.346. The second-order valence-corrected chi connectivity index (χ2v) is 9.74. The van der Waals surface area contributed by atoms with Gasteiger partial charge in [-0.3, -0.25) is 0 Å². The molecule has 0 bridgehead atoms. The first-order chi connectivity index (χ1) is 11.4. The van der Waals surface area contributed by atoms with E-state index in [-0.39, 0.29) is 0 Å². The molecule has 0 saturated carbocycles. The van der Waals surface area contributed by atoms with Crippen LogP contribution in [0.4, 0.5) is 0 Å². The van der Waals surface area contributed by atoms with Gasteiger partial charge in [0.05, 0.1) is 17.9 Å². The highest BCUT2D eigenvalue weighted by molar-refractivity contribution is 9.12. The number of hydrogen-bond acceptors (Lipinski definition) is 2. The lowest BCUT2D eigenvalue weighted by Crippen LogP contribution is -1.99. The molecule has 2 aromatic carbocycles. The van der Waals surface area contributed by atoms with Crippen LogP contribution in [-0.2, 0) is 0 Å². The molecule has 2 nitrogen and oxygen atoms in total. The fourth-order valence-electron chi connectivity index (χ4n) is 1.73. The van der Waals surface area contributed by atoms with Crippen LogP contribution >= 0.6 is 95.6 Å². The Morgan fingerprint density at radius 3 is 1.17 bits per heavy atom. The van der Waals surface area contributed by atoms with Crippen LogP contribution in [0, 0.1) is 0 Å².